The predicted octanol–water partition coefficient (Wildman–Crippen LogP) is 0.614. The molecule has 1 aromatic heterocycles. The second-order valence-corrected chi connectivity index (χ2v) is 7.41. The number of piperidine rings is 3. The van der Waals surface area contributed by atoms with Crippen molar-refractivity contribution in [2.45, 2.75) is 44.3 Å². The van der Waals surface area contributed by atoms with Gasteiger partial charge in [0.25, 0.3) is 0 Å². The molecule has 3 saturated heterocycles. The quantitative estimate of drug-likeness (QED) is 0.887. The van der Waals surface area contributed by atoms with Crippen LogP contribution < -0.4 is 0 Å². The number of aromatic nitrogens is 2. The van der Waals surface area contributed by atoms with Crippen molar-refractivity contribution in [3.63, 3.8) is 0 Å². The van der Waals surface area contributed by atoms with Crippen molar-refractivity contribution in [2.75, 3.05) is 19.7 Å². The number of aryl methyl sites for hydroxylation is 1. The van der Waals surface area contributed by atoms with Gasteiger partial charge in [-0.3, -0.25) is 9.69 Å². The van der Waals surface area contributed by atoms with Gasteiger partial charge in [0, 0.05) is 45.0 Å². The molecule has 4 rings (SSSR count). The Morgan fingerprint density at radius 3 is 2.91 bits per heavy atom. The van der Waals surface area contributed by atoms with Crippen molar-refractivity contribution >= 4 is 5.91 Å². The molecular weight excluding hydrogens is 292 g/mol. The molecule has 126 valence electrons. The lowest BCUT2D eigenvalue weighted by Gasteiger charge is -2.56. The largest absolute Gasteiger partial charge is 0.394 e. The monoisotopic (exact) mass is 318 g/mol. The highest BCUT2D eigenvalue weighted by molar-refractivity contribution is 5.78. The summed E-state index contributed by atoms with van der Waals surface area (Å²) in [4.78, 5) is 21.4. The molecule has 0 aromatic carbocycles. The van der Waals surface area contributed by atoms with Crippen LogP contribution in [0.1, 0.15) is 31.5 Å². The summed E-state index contributed by atoms with van der Waals surface area (Å²) in [6.07, 6.45) is 7.73. The van der Waals surface area contributed by atoms with Gasteiger partial charge in [-0.25, -0.2) is 4.98 Å². The van der Waals surface area contributed by atoms with Crippen molar-refractivity contribution in [3.8, 4) is 0 Å². The molecule has 6 heteroatoms. The van der Waals surface area contributed by atoms with Crippen molar-refractivity contribution in [1.29, 1.82) is 0 Å². The van der Waals surface area contributed by atoms with Crippen LogP contribution in [-0.2, 0) is 18.4 Å². The molecule has 0 aliphatic carbocycles. The number of carbonyl (C=O) groups excluding carboxylic acids is 1. The zero-order valence-electron chi connectivity index (χ0n) is 13.8. The molecule has 23 heavy (non-hydrogen) atoms. The van der Waals surface area contributed by atoms with E-state index in [4.69, 9.17) is 0 Å². The molecule has 4 heterocycles. The molecule has 0 spiro atoms. The van der Waals surface area contributed by atoms with Crippen LogP contribution in [0.4, 0.5) is 0 Å². The first-order valence-electron chi connectivity index (χ1n) is 8.78. The molecule has 2 bridgehead atoms. The first-order valence-corrected chi connectivity index (χ1v) is 8.78. The molecule has 6 nitrogen and oxygen atoms in total. The van der Waals surface area contributed by atoms with Crippen molar-refractivity contribution in [3.05, 3.63) is 18.2 Å². The van der Waals surface area contributed by atoms with Gasteiger partial charge in [0.05, 0.1) is 19.2 Å². The Labute approximate surface area is 137 Å². The molecule has 0 radical (unpaired) electrons. The summed E-state index contributed by atoms with van der Waals surface area (Å²) in [5.41, 5.74) is 0. The van der Waals surface area contributed by atoms with Gasteiger partial charge in [-0.1, -0.05) is 0 Å². The molecule has 1 amide bonds. The first-order chi connectivity index (χ1) is 11.2. The van der Waals surface area contributed by atoms with E-state index in [9.17, 15) is 9.90 Å². The Morgan fingerprint density at radius 1 is 1.35 bits per heavy atom. The fraction of sp³-hybridized carbons (Fsp3) is 0.765. The Balaban J connectivity index is 1.55. The van der Waals surface area contributed by atoms with Gasteiger partial charge in [0.2, 0.25) is 5.91 Å². The van der Waals surface area contributed by atoms with E-state index in [1.54, 1.807) is 0 Å². The SMILES string of the molecule is Cn1ccnc1CN1C[C@H]2C[C@@H](C1)[C@H](CO)N1C(=O)CCC[C@@H]21. The number of likely N-dealkylation sites (tertiary alicyclic amines) is 1. The van der Waals surface area contributed by atoms with Gasteiger partial charge in [-0.05, 0) is 31.1 Å². The van der Waals surface area contributed by atoms with E-state index < -0.39 is 0 Å². The molecule has 3 aliphatic rings. The van der Waals surface area contributed by atoms with Crippen molar-refractivity contribution in [1.82, 2.24) is 19.4 Å². The van der Waals surface area contributed by atoms with E-state index in [0.29, 0.717) is 24.3 Å². The van der Waals surface area contributed by atoms with Gasteiger partial charge in [-0.2, -0.15) is 0 Å². The summed E-state index contributed by atoms with van der Waals surface area (Å²) in [6, 6.07) is 0.335. The lowest BCUT2D eigenvalue weighted by atomic mass is 9.72. The molecule has 4 atom stereocenters. The molecule has 3 fully saturated rings. The maximum atomic E-state index is 12.4. The number of aliphatic hydroxyl groups is 1. The average Bonchev–Trinajstić information content (AvgIpc) is 2.94. The molecular formula is C17H26N4O2. The number of hydrogen-bond acceptors (Lipinski definition) is 4. The van der Waals surface area contributed by atoms with E-state index in [0.717, 1.165) is 44.7 Å². The smallest absolute Gasteiger partial charge is 0.223 e. The zero-order valence-corrected chi connectivity index (χ0v) is 13.8. The number of hydrogen-bond donors (Lipinski definition) is 1. The Kier molecular flexibility index (Phi) is 3.89. The van der Waals surface area contributed by atoms with Gasteiger partial charge in [-0.15, -0.1) is 0 Å². The van der Waals surface area contributed by atoms with E-state index in [1.165, 1.54) is 0 Å². The van der Waals surface area contributed by atoms with Crippen LogP contribution in [0.5, 0.6) is 0 Å². The highest BCUT2D eigenvalue weighted by Gasteiger charge is 2.49. The van der Waals surface area contributed by atoms with Gasteiger partial charge in [0.15, 0.2) is 0 Å². The third kappa shape index (κ3) is 2.58. The number of carbonyl (C=O) groups is 1. The number of amides is 1. The number of nitrogens with zero attached hydrogens (tertiary/aromatic N) is 4. The summed E-state index contributed by atoms with van der Waals surface area (Å²) in [5, 5.41) is 9.92. The van der Waals surface area contributed by atoms with Crippen LogP contribution in [0.25, 0.3) is 0 Å². The number of aliphatic hydroxyl groups excluding tert-OH is 1. The minimum Gasteiger partial charge on any atom is -0.394 e. The lowest BCUT2D eigenvalue weighted by Crippen LogP contribution is -2.65. The Bertz CT molecular complexity index is 573. The standard InChI is InChI=1S/C17H26N4O2/c1-19-6-5-18-16(19)10-20-8-12-7-13(9-20)15(11-22)21-14(12)3-2-4-17(21)23/h5-6,12-15,22H,2-4,7-11H2,1H3/t12-,13+,14+,15+/m1/s1. The van der Waals surface area contributed by atoms with Crippen LogP contribution in [0.2, 0.25) is 0 Å². The third-order valence-corrected chi connectivity index (χ3v) is 6.05. The van der Waals surface area contributed by atoms with E-state index >= 15 is 0 Å². The zero-order chi connectivity index (χ0) is 16.0. The fourth-order valence-electron chi connectivity index (χ4n) is 4.98. The number of imidazole rings is 1. The number of rotatable bonds is 3. The molecule has 1 aromatic rings. The third-order valence-electron chi connectivity index (χ3n) is 6.05. The molecule has 3 aliphatic heterocycles. The van der Waals surface area contributed by atoms with Gasteiger partial charge < -0.3 is 14.6 Å². The lowest BCUT2D eigenvalue weighted by molar-refractivity contribution is -0.155. The summed E-state index contributed by atoms with van der Waals surface area (Å²) in [7, 11) is 2.03. The minimum atomic E-state index is 0.00761. The predicted molar refractivity (Wildman–Crippen MR) is 85.4 cm³/mol. The summed E-state index contributed by atoms with van der Waals surface area (Å²) in [6.45, 7) is 2.94. The number of fused-ring (bicyclic) bond motifs is 4. The maximum Gasteiger partial charge on any atom is 0.223 e. The average molecular weight is 318 g/mol. The van der Waals surface area contributed by atoms with Crippen LogP contribution in [0.15, 0.2) is 12.4 Å². The molecule has 0 unspecified atom stereocenters. The Hall–Kier alpha value is -1.40. The van der Waals surface area contributed by atoms with Gasteiger partial charge in [0.1, 0.15) is 5.82 Å². The van der Waals surface area contributed by atoms with Crippen LogP contribution in [-0.4, -0.2) is 62.1 Å². The van der Waals surface area contributed by atoms with Crippen molar-refractivity contribution in [2.24, 2.45) is 18.9 Å². The molecule has 0 saturated carbocycles. The topological polar surface area (TPSA) is 61.6 Å². The molecule has 1 N–H and O–H groups in total. The fourth-order valence-corrected chi connectivity index (χ4v) is 4.98. The highest BCUT2D eigenvalue weighted by atomic mass is 16.3. The Morgan fingerprint density at radius 2 is 2.17 bits per heavy atom. The first kappa shape index (κ1) is 15.1. The van der Waals surface area contributed by atoms with Crippen LogP contribution in [0, 0.1) is 11.8 Å². The van der Waals surface area contributed by atoms with Gasteiger partial charge >= 0.3 is 0 Å². The van der Waals surface area contributed by atoms with E-state index in [-0.39, 0.29) is 18.6 Å². The second-order valence-electron chi connectivity index (χ2n) is 7.41. The second kappa shape index (κ2) is 5.91. The van der Waals surface area contributed by atoms with Crippen molar-refractivity contribution < 1.29 is 9.90 Å². The maximum absolute atomic E-state index is 12.4. The summed E-state index contributed by atoms with van der Waals surface area (Å²) < 4.78 is 2.07. The summed E-state index contributed by atoms with van der Waals surface area (Å²) >= 11 is 0. The van der Waals surface area contributed by atoms with Crippen LogP contribution >= 0.6 is 0 Å². The van der Waals surface area contributed by atoms with E-state index in [1.807, 2.05) is 19.4 Å². The normalized spacial score (nSPS) is 34.5. The summed E-state index contributed by atoms with van der Waals surface area (Å²) in [5.74, 6) is 2.27. The highest BCUT2D eigenvalue weighted by Crippen LogP contribution is 2.41. The minimum absolute atomic E-state index is 0.00761. The van der Waals surface area contributed by atoms with E-state index in [2.05, 4.69) is 19.4 Å². The van der Waals surface area contributed by atoms with Crippen LogP contribution in [0.3, 0.4) is 0 Å².